The molecular weight excluding hydrogens is 204 g/mol. The molecule has 3 aliphatic carbocycles. The molecule has 0 aromatic heterocycles. The molecule has 4 atom stereocenters. The summed E-state index contributed by atoms with van der Waals surface area (Å²) < 4.78 is 0. The molecule has 0 N–H and O–H groups in total. The average molecular weight is 232 g/mol. The molecular formula is C17H28. The van der Waals surface area contributed by atoms with Crippen molar-refractivity contribution >= 4 is 0 Å². The SMILES string of the molecule is CCC1=C(C)[C@H]2C[C@]3(C1)[C@@H](C)CC[C@H]3C2(C)C. The Morgan fingerprint density at radius 2 is 1.94 bits per heavy atom. The molecule has 0 heteroatoms. The van der Waals surface area contributed by atoms with Crippen molar-refractivity contribution in [2.75, 3.05) is 0 Å². The summed E-state index contributed by atoms with van der Waals surface area (Å²) in [6, 6.07) is 0. The van der Waals surface area contributed by atoms with E-state index in [9.17, 15) is 0 Å². The fourth-order valence-corrected chi connectivity index (χ4v) is 5.94. The van der Waals surface area contributed by atoms with Crippen molar-refractivity contribution in [3.63, 3.8) is 0 Å². The summed E-state index contributed by atoms with van der Waals surface area (Å²) in [6.07, 6.45) is 7.20. The van der Waals surface area contributed by atoms with Crippen molar-refractivity contribution in [3.8, 4) is 0 Å². The van der Waals surface area contributed by atoms with Crippen molar-refractivity contribution in [2.24, 2.45) is 28.6 Å². The number of allylic oxidation sites excluding steroid dienone is 2. The van der Waals surface area contributed by atoms with Crippen molar-refractivity contribution in [2.45, 2.75) is 66.7 Å². The first kappa shape index (κ1) is 11.8. The highest BCUT2D eigenvalue weighted by atomic mass is 14.7. The molecule has 2 bridgehead atoms. The summed E-state index contributed by atoms with van der Waals surface area (Å²) in [6.45, 7) is 12.5. The second kappa shape index (κ2) is 3.39. The monoisotopic (exact) mass is 232 g/mol. The minimum absolute atomic E-state index is 0.561. The Kier molecular flexibility index (Phi) is 2.36. The molecule has 0 aliphatic heterocycles. The van der Waals surface area contributed by atoms with Gasteiger partial charge in [-0.2, -0.15) is 0 Å². The lowest BCUT2D eigenvalue weighted by Crippen LogP contribution is -2.31. The molecule has 0 nitrogen and oxygen atoms in total. The van der Waals surface area contributed by atoms with E-state index in [1.807, 2.05) is 5.57 Å². The van der Waals surface area contributed by atoms with E-state index in [2.05, 4.69) is 34.6 Å². The van der Waals surface area contributed by atoms with Gasteiger partial charge in [0.1, 0.15) is 0 Å². The second-order valence-corrected chi connectivity index (χ2v) is 7.66. The van der Waals surface area contributed by atoms with Gasteiger partial charge in [-0.1, -0.05) is 38.8 Å². The van der Waals surface area contributed by atoms with Crippen LogP contribution in [-0.2, 0) is 0 Å². The fraction of sp³-hybridized carbons (Fsp3) is 0.882. The third kappa shape index (κ3) is 1.25. The molecule has 2 fully saturated rings. The van der Waals surface area contributed by atoms with Crippen LogP contribution < -0.4 is 0 Å². The molecule has 0 radical (unpaired) electrons. The highest BCUT2D eigenvalue weighted by Crippen LogP contribution is 2.72. The Bertz CT molecular complexity index is 373. The lowest BCUT2D eigenvalue weighted by atomic mass is 9.66. The summed E-state index contributed by atoms with van der Waals surface area (Å²) in [5.41, 5.74) is 4.83. The predicted molar refractivity (Wildman–Crippen MR) is 73.8 cm³/mol. The topological polar surface area (TPSA) is 0 Å². The molecule has 1 spiro atoms. The number of rotatable bonds is 1. The van der Waals surface area contributed by atoms with E-state index in [1.165, 1.54) is 32.1 Å². The molecule has 0 unspecified atom stereocenters. The number of fused-ring (bicyclic) bond motifs is 1. The Morgan fingerprint density at radius 1 is 1.24 bits per heavy atom. The summed E-state index contributed by atoms with van der Waals surface area (Å²) >= 11 is 0. The van der Waals surface area contributed by atoms with Gasteiger partial charge in [0.25, 0.3) is 0 Å². The van der Waals surface area contributed by atoms with Gasteiger partial charge in [0.05, 0.1) is 0 Å². The van der Waals surface area contributed by atoms with Crippen LogP contribution in [0.15, 0.2) is 11.1 Å². The first-order valence-corrected chi connectivity index (χ1v) is 7.62. The van der Waals surface area contributed by atoms with E-state index >= 15 is 0 Å². The van der Waals surface area contributed by atoms with Gasteiger partial charge in [-0.05, 0) is 67.6 Å². The molecule has 3 rings (SSSR count). The summed E-state index contributed by atoms with van der Waals surface area (Å²) in [4.78, 5) is 0. The maximum atomic E-state index is 2.56. The minimum Gasteiger partial charge on any atom is -0.0707 e. The molecule has 0 amide bonds. The summed E-state index contributed by atoms with van der Waals surface area (Å²) in [5.74, 6) is 2.85. The lowest BCUT2D eigenvalue weighted by molar-refractivity contribution is 0.125. The van der Waals surface area contributed by atoms with Crippen LogP contribution in [0.2, 0.25) is 0 Å². The zero-order valence-electron chi connectivity index (χ0n) is 12.3. The Balaban J connectivity index is 2.12. The Labute approximate surface area is 107 Å². The van der Waals surface area contributed by atoms with Crippen LogP contribution in [0.1, 0.15) is 66.7 Å². The van der Waals surface area contributed by atoms with E-state index in [0.29, 0.717) is 10.8 Å². The van der Waals surface area contributed by atoms with Gasteiger partial charge in [-0.25, -0.2) is 0 Å². The van der Waals surface area contributed by atoms with E-state index in [0.717, 1.165) is 17.8 Å². The zero-order valence-corrected chi connectivity index (χ0v) is 12.3. The highest BCUT2D eigenvalue weighted by molar-refractivity contribution is 5.31. The normalized spacial score (nSPS) is 47.5. The number of hydrogen-bond donors (Lipinski definition) is 0. The van der Waals surface area contributed by atoms with Crippen LogP contribution >= 0.6 is 0 Å². The first-order chi connectivity index (χ1) is 7.93. The van der Waals surface area contributed by atoms with Gasteiger partial charge in [0, 0.05) is 0 Å². The van der Waals surface area contributed by atoms with Crippen molar-refractivity contribution in [1.82, 2.24) is 0 Å². The summed E-state index contributed by atoms with van der Waals surface area (Å²) in [7, 11) is 0. The van der Waals surface area contributed by atoms with Gasteiger partial charge in [0.2, 0.25) is 0 Å². The van der Waals surface area contributed by atoms with E-state index in [-0.39, 0.29) is 0 Å². The number of hydrogen-bond acceptors (Lipinski definition) is 0. The maximum absolute atomic E-state index is 2.56. The standard InChI is InChI=1S/C17H28/c1-6-13-9-17-10-14(12(13)3)16(4,5)15(17)8-7-11(17)2/h11,14-15H,6-10H2,1-5H3/t11-,14+,15-,17+/m0/s1. The minimum atomic E-state index is 0.561. The van der Waals surface area contributed by atoms with Crippen molar-refractivity contribution in [1.29, 1.82) is 0 Å². The molecule has 0 aromatic carbocycles. The van der Waals surface area contributed by atoms with Gasteiger partial charge >= 0.3 is 0 Å². The molecule has 0 aromatic rings. The van der Waals surface area contributed by atoms with Gasteiger partial charge in [0.15, 0.2) is 0 Å². The third-order valence-electron chi connectivity index (χ3n) is 6.99. The maximum Gasteiger partial charge on any atom is -0.0143 e. The van der Waals surface area contributed by atoms with Gasteiger partial charge in [-0.15, -0.1) is 0 Å². The molecule has 96 valence electrons. The van der Waals surface area contributed by atoms with Crippen LogP contribution in [0.3, 0.4) is 0 Å². The average Bonchev–Trinajstić information content (AvgIpc) is 2.68. The molecule has 2 saturated carbocycles. The predicted octanol–water partition coefficient (Wildman–Crippen LogP) is 5.20. The van der Waals surface area contributed by atoms with E-state index < -0.39 is 0 Å². The third-order valence-corrected chi connectivity index (χ3v) is 6.99. The smallest absolute Gasteiger partial charge is 0.0143 e. The zero-order chi connectivity index (χ0) is 12.4. The van der Waals surface area contributed by atoms with Crippen LogP contribution in [0.5, 0.6) is 0 Å². The van der Waals surface area contributed by atoms with Crippen molar-refractivity contribution in [3.05, 3.63) is 11.1 Å². The molecule has 0 heterocycles. The van der Waals surface area contributed by atoms with E-state index in [1.54, 1.807) is 5.57 Å². The van der Waals surface area contributed by atoms with Crippen LogP contribution in [-0.4, -0.2) is 0 Å². The van der Waals surface area contributed by atoms with Crippen LogP contribution in [0.4, 0.5) is 0 Å². The second-order valence-electron chi connectivity index (χ2n) is 7.66. The lowest BCUT2D eigenvalue weighted by Gasteiger charge is -2.39. The highest BCUT2D eigenvalue weighted by Gasteiger charge is 2.63. The first-order valence-electron chi connectivity index (χ1n) is 7.62. The van der Waals surface area contributed by atoms with Gasteiger partial charge < -0.3 is 0 Å². The van der Waals surface area contributed by atoms with Crippen molar-refractivity contribution < 1.29 is 0 Å². The van der Waals surface area contributed by atoms with E-state index in [4.69, 9.17) is 0 Å². The molecule has 17 heavy (non-hydrogen) atoms. The van der Waals surface area contributed by atoms with Crippen LogP contribution in [0, 0.1) is 28.6 Å². The quantitative estimate of drug-likeness (QED) is 0.545. The fourth-order valence-electron chi connectivity index (χ4n) is 5.94. The largest absolute Gasteiger partial charge is 0.0707 e. The van der Waals surface area contributed by atoms with Gasteiger partial charge in [-0.3, -0.25) is 0 Å². The Morgan fingerprint density at radius 3 is 2.59 bits per heavy atom. The van der Waals surface area contributed by atoms with Crippen LogP contribution in [0.25, 0.3) is 0 Å². The molecule has 0 saturated heterocycles. The Hall–Kier alpha value is -0.260. The summed E-state index contributed by atoms with van der Waals surface area (Å²) in [5, 5.41) is 0. The molecule has 3 aliphatic rings.